The van der Waals surface area contributed by atoms with Gasteiger partial charge in [-0.2, -0.15) is 0 Å². The third kappa shape index (κ3) is 3.40. The number of hydrogen-bond donors (Lipinski definition) is 0. The summed E-state index contributed by atoms with van der Waals surface area (Å²) >= 11 is 0. The molecule has 0 fully saturated rings. The van der Waals surface area contributed by atoms with Crippen LogP contribution >= 0.6 is 0 Å². The summed E-state index contributed by atoms with van der Waals surface area (Å²) in [6.45, 7) is 2.36. The third-order valence-corrected chi connectivity index (χ3v) is 4.39. The summed E-state index contributed by atoms with van der Waals surface area (Å²) in [5, 5.41) is 0. The van der Waals surface area contributed by atoms with Crippen LogP contribution < -0.4 is 19.1 Å². The van der Waals surface area contributed by atoms with Gasteiger partial charge < -0.3 is 14.2 Å². The predicted octanol–water partition coefficient (Wildman–Crippen LogP) is 3.09. The lowest BCUT2D eigenvalue weighted by Gasteiger charge is -2.20. The zero-order valence-electron chi connectivity index (χ0n) is 15.9. The molecule has 0 aliphatic heterocycles. The Labute approximate surface area is 158 Å². The number of nitrogens with zero attached hydrogens (tertiary/aromatic N) is 3. The van der Waals surface area contributed by atoms with Crippen LogP contribution in [0.3, 0.4) is 0 Å². The Hall–Kier alpha value is -3.22. The maximum atomic E-state index is 11.9. The number of ether oxygens (including phenoxy) is 3. The number of benzene rings is 1. The minimum Gasteiger partial charge on any atom is -0.493 e. The first-order valence-corrected chi connectivity index (χ1v) is 8.63. The minimum absolute atomic E-state index is 0.343. The number of pyridine rings is 1. The van der Waals surface area contributed by atoms with Gasteiger partial charge in [-0.1, -0.05) is 13.0 Å². The van der Waals surface area contributed by atoms with E-state index in [4.69, 9.17) is 14.2 Å². The molecule has 142 valence electrons. The predicted molar refractivity (Wildman–Crippen MR) is 103 cm³/mol. The van der Waals surface area contributed by atoms with Crippen LogP contribution in [-0.2, 0) is 17.8 Å². The fourth-order valence-corrected chi connectivity index (χ4v) is 3.16. The van der Waals surface area contributed by atoms with E-state index in [0.29, 0.717) is 23.8 Å². The summed E-state index contributed by atoms with van der Waals surface area (Å²) < 4.78 is 18.1. The Morgan fingerprint density at radius 3 is 2.37 bits per heavy atom. The van der Waals surface area contributed by atoms with Gasteiger partial charge in [0.1, 0.15) is 11.5 Å². The number of rotatable bonds is 8. The summed E-state index contributed by atoms with van der Waals surface area (Å²) in [6, 6.07) is 9.44. The van der Waals surface area contributed by atoms with Crippen molar-refractivity contribution in [3.8, 4) is 17.2 Å². The number of carbonyl (C=O) groups excluding carboxylic acids is 1. The lowest BCUT2D eigenvalue weighted by Crippen LogP contribution is -2.23. The van der Waals surface area contributed by atoms with Crippen LogP contribution in [0.1, 0.15) is 18.2 Å². The van der Waals surface area contributed by atoms with Crippen molar-refractivity contribution in [2.24, 2.45) is 0 Å². The van der Waals surface area contributed by atoms with Crippen molar-refractivity contribution in [1.82, 2.24) is 9.38 Å². The monoisotopic (exact) mass is 369 g/mol. The fourth-order valence-electron chi connectivity index (χ4n) is 3.16. The van der Waals surface area contributed by atoms with Gasteiger partial charge in [0.25, 0.3) is 0 Å². The van der Waals surface area contributed by atoms with Crippen LogP contribution in [0, 0.1) is 0 Å². The Morgan fingerprint density at radius 1 is 1.11 bits per heavy atom. The molecule has 3 rings (SSSR count). The summed E-state index contributed by atoms with van der Waals surface area (Å²) in [4.78, 5) is 18.2. The SMILES string of the molecule is CCc1nc2ccccn2c1N(C=O)Cc1cc(OC)c(OC)c(OC)c1. The van der Waals surface area contributed by atoms with E-state index in [1.54, 1.807) is 26.2 Å². The standard InChI is InChI=1S/C20H23N3O4/c1-5-15-20(23-9-7-6-8-18(23)21-15)22(13-24)12-14-10-16(25-2)19(27-4)17(11-14)26-3/h6-11,13H,5,12H2,1-4H3. The number of imidazole rings is 1. The molecule has 0 aliphatic carbocycles. The van der Waals surface area contributed by atoms with Crippen LogP contribution in [0.15, 0.2) is 36.5 Å². The highest BCUT2D eigenvalue weighted by Crippen LogP contribution is 2.38. The van der Waals surface area contributed by atoms with Crippen molar-refractivity contribution >= 4 is 17.9 Å². The quantitative estimate of drug-likeness (QED) is 0.571. The van der Waals surface area contributed by atoms with E-state index >= 15 is 0 Å². The van der Waals surface area contributed by atoms with Crippen molar-refractivity contribution < 1.29 is 19.0 Å². The largest absolute Gasteiger partial charge is 0.493 e. The van der Waals surface area contributed by atoms with Crippen LogP contribution in [0.4, 0.5) is 5.82 Å². The van der Waals surface area contributed by atoms with Crippen molar-refractivity contribution in [2.45, 2.75) is 19.9 Å². The molecule has 0 aliphatic rings. The van der Waals surface area contributed by atoms with Gasteiger partial charge in [-0.3, -0.25) is 14.1 Å². The molecule has 0 saturated carbocycles. The Bertz CT molecular complexity index is 927. The molecule has 0 saturated heterocycles. The number of hydrogen-bond acceptors (Lipinski definition) is 5. The Morgan fingerprint density at radius 2 is 1.81 bits per heavy atom. The smallest absolute Gasteiger partial charge is 0.215 e. The van der Waals surface area contributed by atoms with Gasteiger partial charge in [-0.05, 0) is 36.2 Å². The second kappa shape index (κ2) is 7.99. The van der Waals surface area contributed by atoms with Gasteiger partial charge in [0.05, 0.1) is 33.6 Å². The zero-order chi connectivity index (χ0) is 19.4. The summed E-state index contributed by atoms with van der Waals surface area (Å²) in [7, 11) is 4.69. The van der Waals surface area contributed by atoms with Gasteiger partial charge in [0.15, 0.2) is 11.5 Å². The highest BCUT2D eigenvalue weighted by atomic mass is 16.5. The average Bonchev–Trinajstić information content (AvgIpc) is 3.09. The molecule has 7 heteroatoms. The molecule has 0 unspecified atom stereocenters. The van der Waals surface area contributed by atoms with Crippen molar-refractivity contribution in [2.75, 3.05) is 26.2 Å². The maximum Gasteiger partial charge on any atom is 0.215 e. The molecule has 0 bridgehead atoms. The van der Waals surface area contributed by atoms with Crippen molar-refractivity contribution in [3.63, 3.8) is 0 Å². The number of amides is 1. The second-order valence-electron chi connectivity index (χ2n) is 5.93. The van der Waals surface area contributed by atoms with Crippen LogP contribution in [-0.4, -0.2) is 37.1 Å². The van der Waals surface area contributed by atoms with E-state index in [1.165, 1.54) is 0 Å². The van der Waals surface area contributed by atoms with Crippen LogP contribution in [0.2, 0.25) is 0 Å². The molecule has 3 aromatic rings. The number of carbonyl (C=O) groups is 1. The molecular formula is C20H23N3O4. The molecule has 2 aromatic heterocycles. The average molecular weight is 369 g/mol. The number of aryl methyl sites for hydroxylation is 1. The topological polar surface area (TPSA) is 65.3 Å². The van der Waals surface area contributed by atoms with E-state index in [0.717, 1.165) is 35.6 Å². The Kier molecular flexibility index (Phi) is 5.49. The fraction of sp³-hybridized carbons (Fsp3) is 0.300. The highest BCUT2D eigenvalue weighted by molar-refractivity contribution is 5.76. The van der Waals surface area contributed by atoms with Gasteiger partial charge in [-0.25, -0.2) is 4.98 Å². The molecule has 0 N–H and O–H groups in total. The molecule has 2 heterocycles. The first kappa shape index (κ1) is 18.6. The normalized spacial score (nSPS) is 10.7. The summed E-state index contributed by atoms with van der Waals surface area (Å²) in [5.74, 6) is 2.38. The molecule has 0 radical (unpaired) electrons. The van der Waals surface area contributed by atoms with E-state index in [1.807, 2.05) is 47.9 Å². The van der Waals surface area contributed by atoms with E-state index in [-0.39, 0.29) is 0 Å². The molecule has 1 amide bonds. The minimum atomic E-state index is 0.343. The Balaban J connectivity index is 2.05. The van der Waals surface area contributed by atoms with Gasteiger partial charge in [0, 0.05) is 6.20 Å². The molecule has 1 aromatic carbocycles. The number of anilines is 1. The van der Waals surface area contributed by atoms with Gasteiger partial charge >= 0.3 is 0 Å². The van der Waals surface area contributed by atoms with Crippen molar-refractivity contribution in [1.29, 1.82) is 0 Å². The molecule has 7 nitrogen and oxygen atoms in total. The summed E-state index contributed by atoms with van der Waals surface area (Å²) in [6.07, 6.45) is 3.44. The van der Waals surface area contributed by atoms with E-state index < -0.39 is 0 Å². The lowest BCUT2D eigenvalue weighted by atomic mass is 10.1. The third-order valence-electron chi connectivity index (χ3n) is 4.39. The van der Waals surface area contributed by atoms with Gasteiger partial charge in [-0.15, -0.1) is 0 Å². The molecular weight excluding hydrogens is 346 g/mol. The van der Waals surface area contributed by atoms with Crippen LogP contribution in [0.25, 0.3) is 5.65 Å². The number of fused-ring (bicyclic) bond motifs is 1. The number of aromatic nitrogens is 2. The highest BCUT2D eigenvalue weighted by Gasteiger charge is 2.20. The van der Waals surface area contributed by atoms with E-state index in [2.05, 4.69) is 4.98 Å². The van der Waals surface area contributed by atoms with Gasteiger partial charge in [0.2, 0.25) is 12.2 Å². The molecule has 0 atom stereocenters. The van der Waals surface area contributed by atoms with Crippen molar-refractivity contribution in [3.05, 3.63) is 47.8 Å². The first-order chi connectivity index (χ1) is 13.2. The zero-order valence-corrected chi connectivity index (χ0v) is 15.9. The number of methoxy groups -OCH3 is 3. The van der Waals surface area contributed by atoms with Crippen LogP contribution in [0.5, 0.6) is 17.2 Å². The summed E-state index contributed by atoms with van der Waals surface area (Å²) in [5.41, 5.74) is 2.52. The lowest BCUT2D eigenvalue weighted by molar-refractivity contribution is -0.107. The first-order valence-electron chi connectivity index (χ1n) is 8.63. The van der Waals surface area contributed by atoms with E-state index in [9.17, 15) is 4.79 Å². The molecule has 27 heavy (non-hydrogen) atoms. The second-order valence-corrected chi connectivity index (χ2v) is 5.93. The maximum absolute atomic E-state index is 11.9. The molecule has 0 spiro atoms.